The molecule has 1 aromatic heterocycles. The van der Waals surface area contributed by atoms with Crippen LogP contribution in [0, 0.1) is 6.92 Å². The van der Waals surface area contributed by atoms with Gasteiger partial charge in [-0.25, -0.2) is 4.98 Å². The lowest BCUT2D eigenvalue weighted by Crippen LogP contribution is -2.26. The maximum Gasteiger partial charge on any atom is 0.134 e. The van der Waals surface area contributed by atoms with E-state index in [0.29, 0.717) is 0 Å². The monoisotopic (exact) mass is 307 g/mol. The van der Waals surface area contributed by atoms with Crippen LogP contribution in [-0.2, 0) is 0 Å². The van der Waals surface area contributed by atoms with Gasteiger partial charge in [-0.15, -0.1) is 0 Å². The molecule has 0 saturated carbocycles. The molecule has 0 aliphatic heterocycles. The molecule has 0 spiro atoms. The lowest BCUT2D eigenvalue weighted by Gasteiger charge is -2.23. The molecule has 0 radical (unpaired) electrons. The number of nitrogens with zero attached hydrogens (tertiary/aromatic N) is 1. The van der Waals surface area contributed by atoms with Crippen LogP contribution in [0.1, 0.15) is 26.3 Å². The van der Waals surface area contributed by atoms with Crippen LogP contribution in [0.2, 0.25) is 0 Å². The van der Waals surface area contributed by atoms with E-state index in [9.17, 15) is 0 Å². The van der Waals surface area contributed by atoms with E-state index in [-0.39, 0.29) is 5.54 Å². The molecule has 3 nitrogen and oxygen atoms in total. The predicted molar refractivity (Wildman–Crippen MR) is 82.0 cm³/mol. The minimum atomic E-state index is -0.0343. The van der Waals surface area contributed by atoms with Crippen LogP contribution >= 0.6 is 15.9 Å². The number of halogens is 1. The number of hydrogen-bond acceptors (Lipinski definition) is 3. The molecule has 96 valence electrons. The molecule has 0 atom stereocenters. The van der Waals surface area contributed by atoms with Gasteiger partial charge in [0.1, 0.15) is 5.82 Å². The normalized spacial score (nSPS) is 11.8. The van der Waals surface area contributed by atoms with E-state index >= 15 is 0 Å². The number of pyridine rings is 1. The van der Waals surface area contributed by atoms with E-state index in [1.54, 1.807) is 6.20 Å². The summed E-state index contributed by atoms with van der Waals surface area (Å²) in [5.74, 6) is 0.868. The SMILES string of the molecule is Cc1ccc2c(NC(C)(C)C)ncc(Br)c2c1N. The Morgan fingerprint density at radius 2 is 1.94 bits per heavy atom. The maximum atomic E-state index is 6.17. The number of benzene rings is 1. The van der Waals surface area contributed by atoms with E-state index in [0.717, 1.165) is 32.3 Å². The van der Waals surface area contributed by atoms with E-state index < -0.39 is 0 Å². The summed E-state index contributed by atoms with van der Waals surface area (Å²) in [5.41, 5.74) is 8.02. The standard InChI is InChI=1S/C14H18BrN3/c1-8-5-6-9-11(12(8)16)10(15)7-17-13(9)18-14(2,3)4/h5-7H,16H2,1-4H3,(H,17,18). The molecule has 4 heteroatoms. The number of nitrogens with two attached hydrogens (primary N) is 1. The highest BCUT2D eigenvalue weighted by Crippen LogP contribution is 2.35. The summed E-state index contributed by atoms with van der Waals surface area (Å²) in [4.78, 5) is 4.45. The number of nitrogen functional groups attached to an aromatic ring is 1. The number of anilines is 2. The Bertz CT molecular complexity index is 600. The van der Waals surface area contributed by atoms with Gasteiger partial charge in [0.25, 0.3) is 0 Å². The van der Waals surface area contributed by atoms with E-state index in [1.807, 2.05) is 13.0 Å². The first-order chi connectivity index (χ1) is 8.29. The summed E-state index contributed by atoms with van der Waals surface area (Å²) in [6.45, 7) is 8.35. The van der Waals surface area contributed by atoms with Gasteiger partial charge in [-0.05, 0) is 49.2 Å². The molecular formula is C14H18BrN3. The van der Waals surface area contributed by atoms with Crippen molar-refractivity contribution in [2.45, 2.75) is 33.2 Å². The molecule has 0 amide bonds. The zero-order chi connectivity index (χ0) is 13.5. The van der Waals surface area contributed by atoms with Gasteiger partial charge in [-0.2, -0.15) is 0 Å². The number of nitrogens with one attached hydrogen (secondary N) is 1. The zero-order valence-electron chi connectivity index (χ0n) is 11.1. The molecule has 1 aromatic carbocycles. The molecule has 0 unspecified atom stereocenters. The van der Waals surface area contributed by atoms with Crippen molar-refractivity contribution in [1.29, 1.82) is 0 Å². The number of aryl methyl sites for hydroxylation is 1. The fraction of sp³-hybridized carbons (Fsp3) is 0.357. The Hall–Kier alpha value is -1.29. The van der Waals surface area contributed by atoms with Gasteiger partial charge in [0, 0.05) is 32.7 Å². The Labute approximate surface area is 116 Å². The Kier molecular flexibility index (Phi) is 3.23. The summed E-state index contributed by atoms with van der Waals surface area (Å²) in [6.07, 6.45) is 1.80. The van der Waals surface area contributed by atoms with Crippen LogP contribution in [0.3, 0.4) is 0 Å². The lowest BCUT2D eigenvalue weighted by molar-refractivity contribution is 0.631. The minimum absolute atomic E-state index is 0.0343. The van der Waals surface area contributed by atoms with Crippen molar-refractivity contribution in [3.05, 3.63) is 28.4 Å². The van der Waals surface area contributed by atoms with Crippen molar-refractivity contribution in [2.75, 3.05) is 11.1 Å². The fourth-order valence-electron chi connectivity index (χ4n) is 1.89. The van der Waals surface area contributed by atoms with Crippen molar-refractivity contribution < 1.29 is 0 Å². The van der Waals surface area contributed by atoms with Crippen LogP contribution in [0.5, 0.6) is 0 Å². The number of hydrogen-bond donors (Lipinski definition) is 2. The molecule has 2 aromatic rings. The largest absolute Gasteiger partial charge is 0.398 e. The molecular weight excluding hydrogens is 290 g/mol. The molecule has 0 aliphatic rings. The van der Waals surface area contributed by atoms with Gasteiger partial charge in [0.2, 0.25) is 0 Å². The average Bonchev–Trinajstić information content (AvgIpc) is 2.25. The van der Waals surface area contributed by atoms with Crippen LogP contribution in [0.4, 0.5) is 11.5 Å². The summed E-state index contributed by atoms with van der Waals surface area (Å²) in [5, 5.41) is 5.48. The third-order valence-corrected chi connectivity index (χ3v) is 3.36. The summed E-state index contributed by atoms with van der Waals surface area (Å²) >= 11 is 3.53. The zero-order valence-corrected chi connectivity index (χ0v) is 12.7. The highest BCUT2D eigenvalue weighted by molar-refractivity contribution is 9.10. The van der Waals surface area contributed by atoms with Crippen LogP contribution < -0.4 is 11.1 Å². The second kappa shape index (κ2) is 4.43. The van der Waals surface area contributed by atoms with Crippen molar-refractivity contribution in [3.8, 4) is 0 Å². The smallest absolute Gasteiger partial charge is 0.134 e. The van der Waals surface area contributed by atoms with E-state index in [2.05, 4.69) is 53.1 Å². The van der Waals surface area contributed by atoms with Gasteiger partial charge in [0.15, 0.2) is 0 Å². The number of aromatic nitrogens is 1. The van der Waals surface area contributed by atoms with Crippen LogP contribution in [-0.4, -0.2) is 10.5 Å². The summed E-state index contributed by atoms with van der Waals surface area (Å²) in [7, 11) is 0. The first-order valence-electron chi connectivity index (χ1n) is 5.91. The van der Waals surface area contributed by atoms with E-state index in [1.165, 1.54) is 0 Å². The third-order valence-electron chi connectivity index (χ3n) is 2.76. The van der Waals surface area contributed by atoms with Crippen molar-refractivity contribution >= 4 is 38.2 Å². The van der Waals surface area contributed by atoms with Crippen LogP contribution in [0.25, 0.3) is 10.8 Å². The van der Waals surface area contributed by atoms with Gasteiger partial charge >= 0.3 is 0 Å². The van der Waals surface area contributed by atoms with Gasteiger partial charge < -0.3 is 11.1 Å². The molecule has 0 bridgehead atoms. The summed E-state index contributed by atoms with van der Waals surface area (Å²) < 4.78 is 0.929. The van der Waals surface area contributed by atoms with Gasteiger partial charge in [-0.3, -0.25) is 0 Å². The molecule has 0 fully saturated rings. The third kappa shape index (κ3) is 2.43. The highest BCUT2D eigenvalue weighted by atomic mass is 79.9. The molecule has 1 heterocycles. The predicted octanol–water partition coefficient (Wildman–Crippen LogP) is 4.10. The average molecular weight is 308 g/mol. The van der Waals surface area contributed by atoms with Crippen LogP contribution in [0.15, 0.2) is 22.8 Å². The second-order valence-corrected chi connectivity index (χ2v) is 6.40. The maximum absolute atomic E-state index is 6.17. The Morgan fingerprint density at radius 3 is 2.56 bits per heavy atom. The van der Waals surface area contributed by atoms with Crippen molar-refractivity contribution in [1.82, 2.24) is 4.98 Å². The van der Waals surface area contributed by atoms with E-state index in [4.69, 9.17) is 5.73 Å². The molecule has 0 saturated heterocycles. The lowest BCUT2D eigenvalue weighted by atomic mass is 10.0. The topological polar surface area (TPSA) is 50.9 Å². The molecule has 0 aliphatic carbocycles. The second-order valence-electron chi connectivity index (χ2n) is 5.55. The first-order valence-corrected chi connectivity index (χ1v) is 6.70. The van der Waals surface area contributed by atoms with Crippen molar-refractivity contribution in [3.63, 3.8) is 0 Å². The summed E-state index contributed by atoms with van der Waals surface area (Å²) in [6, 6.07) is 4.09. The Balaban J connectivity index is 2.72. The van der Waals surface area contributed by atoms with Gasteiger partial charge in [-0.1, -0.05) is 12.1 Å². The minimum Gasteiger partial charge on any atom is -0.398 e. The van der Waals surface area contributed by atoms with Gasteiger partial charge in [0.05, 0.1) is 0 Å². The molecule has 3 N–H and O–H groups in total. The highest BCUT2D eigenvalue weighted by Gasteiger charge is 2.15. The fourth-order valence-corrected chi connectivity index (χ4v) is 2.42. The molecule has 2 rings (SSSR count). The number of rotatable bonds is 1. The Morgan fingerprint density at radius 1 is 1.28 bits per heavy atom. The first kappa shape index (κ1) is 13.1. The quantitative estimate of drug-likeness (QED) is 0.780. The molecule has 18 heavy (non-hydrogen) atoms. The number of fused-ring (bicyclic) bond motifs is 1. The van der Waals surface area contributed by atoms with Crippen molar-refractivity contribution in [2.24, 2.45) is 0 Å².